The second-order valence-electron chi connectivity index (χ2n) is 11.6. The summed E-state index contributed by atoms with van der Waals surface area (Å²) in [5.74, 6) is -1.13. The second kappa shape index (κ2) is 11.1. The van der Waals surface area contributed by atoms with E-state index in [4.69, 9.17) is 17.3 Å². The number of fused-ring (bicyclic) bond motifs is 1. The number of nitrogens with one attached hydrogen (secondary N) is 2. The van der Waals surface area contributed by atoms with Gasteiger partial charge in [0.15, 0.2) is 15.7 Å². The van der Waals surface area contributed by atoms with E-state index in [1.54, 1.807) is 30.5 Å². The first-order valence-electron chi connectivity index (χ1n) is 13.3. The van der Waals surface area contributed by atoms with E-state index in [9.17, 15) is 22.8 Å². The summed E-state index contributed by atoms with van der Waals surface area (Å²) in [6, 6.07) is 6.36. The summed E-state index contributed by atoms with van der Waals surface area (Å²) in [5.41, 5.74) is 7.01. The third-order valence-corrected chi connectivity index (χ3v) is 11.3. The lowest BCUT2D eigenvalue weighted by molar-refractivity contribution is -0.123. The number of benzene rings is 1. The van der Waals surface area contributed by atoms with E-state index in [1.165, 1.54) is 11.1 Å². The summed E-state index contributed by atoms with van der Waals surface area (Å²) in [7, 11) is -3.76. The molecule has 0 radical (unpaired) electrons. The average molecular weight is 593 g/mol. The average Bonchev–Trinajstić information content (AvgIpc) is 3.58. The lowest BCUT2D eigenvalue weighted by atomic mass is 10.0. The van der Waals surface area contributed by atoms with Gasteiger partial charge in [0.2, 0.25) is 5.91 Å². The zero-order chi connectivity index (χ0) is 29.5. The zero-order valence-corrected chi connectivity index (χ0v) is 24.8. The maximum Gasteiger partial charge on any atom is 0.287 e. The van der Waals surface area contributed by atoms with Crippen molar-refractivity contribution >= 4 is 39.2 Å². The highest BCUT2D eigenvalue weighted by atomic mass is 35.5. The maximum atomic E-state index is 13.8. The lowest BCUT2D eigenvalue weighted by Gasteiger charge is -2.35. The SMILES string of the molecule is CC(C)[C@H](N)C(=O)NCC(C)(C)S(=O)(=O)C1(CN2CCn3c(cnc3C(=O)NCc3ccc(Cl)cc3)C2=O)CC1. The number of hydrogen-bond donors (Lipinski definition) is 3. The van der Waals surface area contributed by atoms with Crippen LogP contribution in [0.15, 0.2) is 30.5 Å². The summed E-state index contributed by atoms with van der Waals surface area (Å²) >= 11 is 5.91. The molecule has 11 nitrogen and oxygen atoms in total. The fourth-order valence-corrected chi connectivity index (χ4v) is 7.38. The molecular weight excluding hydrogens is 556 g/mol. The third kappa shape index (κ3) is 5.75. The topological polar surface area (TPSA) is 156 Å². The minimum atomic E-state index is -3.76. The number of nitrogens with two attached hydrogens (primary N) is 1. The van der Waals surface area contributed by atoms with Crippen LogP contribution in [0, 0.1) is 5.92 Å². The van der Waals surface area contributed by atoms with Gasteiger partial charge in [-0.25, -0.2) is 13.4 Å². The van der Waals surface area contributed by atoms with Gasteiger partial charge in [-0.15, -0.1) is 0 Å². The third-order valence-electron chi connectivity index (χ3n) is 7.82. The van der Waals surface area contributed by atoms with Gasteiger partial charge in [0.1, 0.15) is 5.69 Å². The number of halogens is 1. The molecule has 1 atom stereocenters. The predicted octanol–water partition coefficient (Wildman–Crippen LogP) is 1.75. The van der Waals surface area contributed by atoms with Crippen molar-refractivity contribution in [1.29, 1.82) is 0 Å². The Morgan fingerprint density at radius 1 is 1.15 bits per heavy atom. The maximum absolute atomic E-state index is 13.8. The molecule has 2 heterocycles. The number of hydrogen-bond acceptors (Lipinski definition) is 7. The summed E-state index contributed by atoms with van der Waals surface area (Å²) in [6.45, 7) is 7.62. The predicted molar refractivity (Wildman–Crippen MR) is 152 cm³/mol. The van der Waals surface area contributed by atoms with Crippen LogP contribution in [0.25, 0.3) is 0 Å². The van der Waals surface area contributed by atoms with Crippen LogP contribution in [-0.2, 0) is 27.7 Å². The first kappa shape index (κ1) is 30.0. The molecular formula is C27H37ClN6O5S. The van der Waals surface area contributed by atoms with Crippen LogP contribution in [0.3, 0.4) is 0 Å². The number of aromatic nitrogens is 2. The standard InChI is InChI=1S/C27H37ClN6O5S/c1-17(2)21(29)23(35)32-15-26(3,4)40(38,39)27(9-10-27)16-33-11-12-34-20(25(33)37)14-30-22(34)24(36)31-13-18-5-7-19(28)8-6-18/h5-8,14,17,21H,9-13,15-16,29H2,1-4H3,(H,31,36)(H,32,35)/t21-/m0/s1. The van der Waals surface area contributed by atoms with E-state index in [-0.39, 0.29) is 49.5 Å². The van der Waals surface area contributed by atoms with Gasteiger partial charge < -0.3 is 25.8 Å². The number of rotatable bonds is 11. The highest BCUT2D eigenvalue weighted by molar-refractivity contribution is 7.94. The van der Waals surface area contributed by atoms with Gasteiger partial charge >= 0.3 is 0 Å². The van der Waals surface area contributed by atoms with Gasteiger partial charge in [-0.05, 0) is 50.3 Å². The first-order valence-corrected chi connectivity index (χ1v) is 15.2. The van der Waals surface area contributed by atoms with Crippen molar-refractivity contribution in [3.05, 3.63) is 52.6 Å². The minimum Gasteiger partial charge on any atom is -0.353 e. The number of imidazole rings is 1. The van der Waals surface area contributed by atoms with Crippen molar-refractivity contribution in [2.45, 2.75) is 69.2 Å². The first-order chi connectivity index (χ1) is 18.7. The van der Waals surface area contributed by atoms with Crippen molar-refractivity contribution in [3.8, 4) is 0 Å². The van der Waals surface area contributed by atoms with Gasteiger partial charge in [-0.3, -0.25) is 14.4 Å². The lowest BCUT2D eigenvalue weighted by Crippen LogP contribution is -2.55. The molecule has 0 unspecified atom stereocenters. The molecule has 13 heteroatoms. The fraction of sp³-hybridized carbons (Fsp3) is 0.556. The van der Waals surface area contributed by atoms with Crippen LogP contribution < -0.4 is 16.4 Å². The van der Waals surface area contributed by atoms with Gasteiger partial charge in [0.05, 0.1) is 21.7 Å². The van der Waals surface area contributed by atoms with Crippen LogP contribution in [0.2, 0.25) is 5.02 Å². The minimum absolute atomic E-state index is 0.0420. The van der Waals surface area contributed by atoms with Gasteiger partial charge in [-0.2, -0.15) is 0 Å². The molecule has 1 saturated carbocycles. The van der Waals surface area contributed by atoms with E-state index in [1.807, 2.05) is 26.0 Å². The smallest absolute Gasteiger partial charge is 0.287 e. The van der Waals surface area contributed by atoms with E-state index in [2.05, 4.69) is 15.6 Å². The van der Waals surface area contributed by atoms with Gasteiger partial charge in [0, 0.05) is 37.7 Å². The van der Waals surface area contributed by atoms with Crippen LogP contribution in [0.4, 0.5) is 0 Å². The molecule has 4 N–H and O–H groups in total. The van der Waals surface area contributed by atoms with Crippen molar-refractivity contribution in [2.24, 2.45) is 11.7 Å². The molecule has 2 aromatic rings. The van der Waals surface area contributed by atoms with Crippen molar-refractivity contribution < 1.29 is 22.8 Å². The molecule has 1 aromatic carbocycles. The Bertz CT molecular complexity index is 1400. The molecule has 0 spiro atoms. The van der Waals surface area contributed by atoms with Crippen LogP contribution in [-0.4, -0.2) is 75.8 Å². The molecule has 0 saturated heterocycles. The number of carbonyl (C=O) groups is 3. The Kier molecular flexibility index (Phi) is 8.35. The van der Waals surface area contributed by atoms with E-state index >= 15 is 0 Å². The molecule has 1 aliphatic carbocycles. The molecule has 3 amide bonds. The second-order valence-corrected chi connectivity index (χ2v) is 15.0. The summed E-state index contributed by atoms with van der Waals surface area (Å²) in [5, 5.41) is 6.10. The Morgan fingerprint density at radius 2 is 1.80 bits per heavy atom. The van der Waals surface area contributed by atoms with E-state index < -0.39 is 37.2 Å². The van der Waals surface area contributed by atoms with E-state index in [0.717, 1.165) is 5.56 Å². The Morgan fingerprint density at radius 3 is 2.40 bits per heavy atom. The van der Waals surface area contributed by atoms with Crippen LogP contribution in [0.1, 0.15) is 67.2 Å². The van der Waals surface area contributed by atoms with Gasteiger partial charge in [-0.1, -0.05) is 37.6 Å². The van der Waals surface area contributed by atoms with Gasteiger partial charge in [0.25, 0.3) is 11.8 Å². The molecule has 0 bridgehead atoms. The highest BCUT2D eigenvalue weighted by Gasteiger charge is 2.61. The molecule has 1 aromatic heterocycles. The largest absolute Gasteiger partial charge is 0.353 e. The number of amides is 3. The molecule has 2 aliphatic rings. The highest BCUT2D eigenvalue weighted by Crippen LogP contribution is 2.49. The van der Waals surface area contributed by atoms with Crippen molar-refractivity contribution in [3.63, 3.8) is 0 Å². The molecule has 40 heavy (non-hydrogen) atoms. The number of sulfone groups is 1. The Hall–Kier alpha value is -2.96. The summed E-state index contributed by atoms with van der Waals surface area (Å²) in [6.07, 6.45) is 2.22. The van der Waals surface area contributed by atoms with Crippen molar-refractivity contribution in [1.82, 2.24) is 25.1 Å². The fourth-order valence-electron chi connectivity index (χ4n) is 4.85. The summed E-state index contributed by atoms with van der Waals surface area (Å²) < 4.78 is 26.8. The molecule has 218 valence electrons. The number of carbonyl (C=O) groups excluding carboxylic acids is 3. The van der Waals surface area contributed by atoms with Crippen molar-refractivity contribution in [2.75, 3.05) is 19.6 Å². The van der Waals surface area contributed by atoms with Crippen LogP contribution in [0.5, 0.6) is 0 Å². The normalized spacial score (nSPS) is 17.4. The Labute approximate surface area is 239 Å². The molecule has 1 fully saturated rings. The monoisotopic (exact) mass is 592 g/mol. The quantitative estimate of drug-likeness (QED) is 0.359. The molecule has 1 aliphatic heterocycles. The summed E-state index contributed by atoms with van der Waals surface area (Å²) in [4.78, 5) is 44.2. The van der Waals surface area contributed by atoms with Crippen LogP contribution >= 0.6 is 11.6 Å². The zero-order valence-electron chi connectivity index (χ0n) is 23.2. The number of nitrogens with zero attached hydrogens (tertiary/aromatic N) is 3. The Balaban J connectivity index is 1.41. The van der Waals surface area contributed by atoms with E-state index in [0.29, 0.717) is 24.4 Å². The molecule has 4 rings (SSSR count).